The molecule has 0 saturated carbocycles. The molecule has 1 fully saturated rings. The van der Waals surface area contributed by atoms with Gasteiger partial charge < -0.3 is 15.5 Å². The van der Waals surface area contributed by atoms with Crippen molar-refractivity contribution in [3.05, 3.63) is 35.4 Å². The lowest BCUT2D eigenvalue weighted by Crippen LogP contribution is -2.37. The predicted molar refractivity (Wildman–Crippen MR) is 86.7 cm³/mol. The Labute approximate surface area is 148 Å². The second-order valence-corrected chi connectivity index (χ2v) is 6.15. The van der Waals surface area contributed by atoms with Crippen molar-refractivity contribution in [2.24, 2.45) is 5.92 Å². The van der Waals surface area contributed by atoms with Crippen molar-refractivity contribution in [3.63, 3.8) is 0 Å². The first-order chi connectivity index (χ1) is 12.2. The summed E-state index contributed by atoms with van der Waals surface area (Å²) in [5.41, 5.74) is -0.409. The van der Waals surface area contributed by atoms with E-state index in [-0.39, 0.29) is 50.3 Å². The molecule has 0 unspecified atom stereocenters. The van der Waals surface area contributed by atoms with Gasteiger partial charge in [-0.15, -0.1) is 0 Å². The van der Waals surface area contributed by atoms with E-state index in [1.807, 2.05) is 0 Å². The van der Waals surface area contributed by atoms with Crippen LogP contribution >= 0.6 is 0 Å². The normalized spacial score (nSPS) is 17.3. The summed E-state index contributed by atoms with van der Waals surface area (Å²) in [6.07, 6.45) is -4.42. The molecule has 142 valence electrons. The molecule has 2 rings (SSSR count). The molecule has 3 amide bonds. The first-order valence-corrected chi connectivity index (χ1v) is 8.13. The van der Waals surface area contributed by atoms with Gasteiger partial charge in [0, 0.05) is 39.5 Å². The average Bonchev–Trinajstić information content (AvgIpc) is 2.91. The lowest BCUT2D eigenvalue weighted by molar-refractivity contribution is -0.137. The summed E-state index contributed by atoms with van der Waals surface area (Å²) < 4.78 is 38.3. The molecule has 1 aromatic rings. The van der Waals surface area contributed by atoms with Gasteiger partial charge in [-0.05, 0) is 17.7 Å². The number of carbonyl (C=O) groups is 3. The minimum atomic E-state index is -4.44. The zero-order chi connectivity index (χ0) is 19.3. The van der Waals surface area contributed by atoms with E-state index < -0.39 is 17.7 Å². The average molecular weight is 371 g/mol. The van der Waals surface area contributed by atoms with Gasteiger partial charge in [0.1, 0.15) is 0 Å². The lowest BCUT2D eigenvalue weighted by atomic mass is 10.1. The van der Waals surface area contributed by atoms with Crippen LogP contribution < -0.4 is 10.6 Å². The van der Waals surface area contributed by atoms with Crippen molar-refractivity contribution >= 4 is 17.7 Å². The molecule has 0 aromatic heterocycles. The third-order valence-electron chi connectivity index (χ3n) is 4.01. The summed E-state index contributed by atoms with van der Waals surface area (Å²) in [6.45, 7) is 2.08. The number of likely N-dealkylation sites (tertiary alicyclic amines) is 1. The second-order valence-electron chi connectivity index (χ2n) is 6.15. The SMILES string of the molecule is CC(=O)NCCNC(=O)[C@@H]1CC(=O)N(Cc2cccc(C(F)(F)F)c2)C1. The number of alkyl halides is 3. The third-order valence-corrected chi connectivity index (χ3v) is 4.01. The monoisotopic (exact) mass is 371 g/mol. The topological polar surface area (TPSA) is 78.5 Å². The first kappa shape index (κ1) is 19.7. The Morgan fingerprint density at radius 1 is 1.23 bits per heavy atom. The summed E-state index contributed by atoms with van der Waals surface area (Å²) in [7, 11) is 0. The highest BCUT2D eigenvalue weighted by atomic mass is 19.4. The van der Waals surface area contributed by atoms with E-state index in [0.29, 0.717) is 5.56 Å². The molecule has 0 bridgehead atoms. The van der Waals surface area contributed by atoms with Crippen LogP contribution in [0.15, 0.2) is 24.3 Å². The number of nitrogens with one attached hydrogen (secondary N) is 2. The van der Waals surface area contributed by atoms with Gasteiger partial charge in [0.25, 0.3) is 0 Å². The van der Waals surface area contributed by atoms with Crippen LogP contribution in [0.1, 0.15) is 24.5 Å². The Balaban J connectivity index is 1.89. The fourth-order valence-electron chi connectivity index (χ4n) is 2.74. The summed E-state index contributed by atoms with van der Waals surface area (Å²) in [5.74, 6) is -1.34. The Hall–Kier alpha value is -2.58. The molecule has 26 heavy (non-hydrogen) atoms. The Morgan fingerprint density at radius 2 is 1.92 bits per heavy atom. The van der Waals surface area contributed by atoms with Crippen molar-refractivity contribution in [2.45, 2.75) is 26.1 Å². The minimum absolute atomic E-state index is 0.0188. The van der Waals surface area contributed by atoms with E-state index in [2.05, 4.69) is 10.6 Å². The van der Waals surface area contributed by atoms with Crippen LogP contribution in [0, 0.1) is 5.92 Å². The molecule has 2 N–H and O–H groups in total. The maximum Gasteiger partial charge on any atom is 0.416 e. The van der Waals surface area contributed by atoms with Crippen molar-refractivity contribution in [1.82, 2.24) is 15.5 Å². The first-order valence-electron chi connectivity index (χ1n) is 8.13. The van der Waals surface area contributed by atoms with E-state index in [1.165, 1.54) is 24.0 Å². The number of carbonyl (C=O) groups excluding carboxylic acids is 3. The molecule has 1 aromatic carbocycles. The molecular weight excluding hydrogens is 351 g/mol. The molecule has 1 aliphatic heterocycles. The Morgan fingerprint density at radius 3 is 2.58 bits per heavy atom. The summed E-state index contributed by atoms with van der Waals surface area (Å²) in [6, 6.07) is 4.79. The van der Waals surface area contributed by atoms with Gasteiger partial charge in [0.15, 0.2) is 0 Å². The molecule has 0 spiro atoms. The molecule has 9 heteroatoms. The molecule has 1 saturated heterocycles. The van der Waals surface area contributed by atoms with Crippen LogP contribution in [0.4, 0.5) is 13.2 Å². The standard InChI is InChI=1S/C17H20F3N3O3/c1-11(24)21-5-6-22-16(26)13-8-15(25)23(10-13)9-12-3-2-4-14(7-12)17(18,19)20/h2-4,7,13H,5-6,8-10H2,1H3,(H,21,24)(H,22,26)/t13-/m1/s1. The fraction of sp³-hybridized carbons (Fsp3) is 0.471. The van der Waals surface area contributed by atoms with Crippen LogP contribution in [-0.2, 0) is 27.1 Å². The van der Waals surface area contributed by atoms with Gasteiger partial charge in [-0.3, -0.25) is 14.4 Å². The highest BCUT2D eigenvalue weighted by molar-refractivity contribution is 5.89. The molecule has 1 aliphatic rings. The second kappa shape index (κ2) is 8.20. The van der Waals surface area contributed by atoms with Crippen molar-refractivity contribution in [3.8, 4) is 0 Å². The van der Waals surface area contributed by atoms with Crippen molar-refractivity contribution in [1.29, 1.82) is 0 Å². The Kier molecular flexibility index (Phi) is 6.23. The molecular formula is C17H20F3N3O3. The minimum Gasteiger partial charge on any atom is -0.355 e. The zero-order valence-electron chi connectivity index (χ0n) is 14.2. The number of amides is 3. The molecule has 1 heterocycles. The number of rotatable bonds is 6. The van der Waals surface area contributed by atoms with Gasteiger partial charge in [-0.2, -0.15) is 13.2 Å². The number of halogens is 3. The van der Waals surface area contributed by atoms with Gasteiger partial charge in [0.05, 0.1) is 11.5 Å². The molecule has 0 aliphatic carbocycles. The van der Waals surface area contributed by atoms with Gasteiger partial charge in [0.2, 0.25) is 17.7 Å². The number of nitrogens with zero attached hydrogens (tertiary/aromatic N) is 1. The molecule has 1 atom stereocenters. The third kappa shape index (κ3) is 5.47. The predicted octanol–water partition coefficient (Wildman–Crippen LogP) is 1.31. The van der Waals surface area contributed by atoms with Crippen LogP contribution in [0.25, 0.3) is 0 Å². The van der Waals surface area contributed by atoms with Crippen LogP contribution in [0.2, 0.25) is 0 Å². The Bertz CT molecular complexity index is 691. The summed E-state index contributed by atoms with van der Waals surface area (Å²) >= 11 is 0. The quantitative estimate of drug-likeness (QED) is 0.740. The van der Waals surface area contributed by atoms with Gasteiger partial charge in [-0.25, -0.2) is 0 Å². The van der Waals surface area contributed by atoms with E-state index >= 15 is 0 Å². The van der Waals surface area contributed by atoms with E-state index in [1.54, 1.807) is 0 Å². The summed E-state index contributed by atoms with van der Waals surface area (Å²) in [5, 5.41) is 5.17. The van der Waals surface area contributed by atoms with E-state index in [4.69, 9.17) is 0 Å². The number of hydrogen-bond donors (Lipinski definition) is 2. The van der Waals surface area contributed by atoms with Crippen LogP contribution in [-0.4, -0.2) is 42.3 Å². The molecule has 6 nitrogen and oxygen atoms in total. The summed E-state index contributed by atoms with van der Waals surface area (Å²) in [4.78, 5) is 36.3. The highest BCUT2D eigenvalue weighted by Crippen LogP contribution is 2.30. The van der Waals surface area contributed by atoms with E-state index in [0.717, 1.165) is 12.1 Å². The van der Waals surface area contributed by atoms with Gasteiger partial charge >= 0.3 is 6.18 Å². The van der Waals surface area contributed by atoms with Crippen molar-refractivity contribution in [2.75, 3.05) is 19.6 Å². The number of benzene rings is 1. The zero-order valence-corrected chi connectivity index (χ0v) is 14.2. The fourth-order valence-corrected chi connectivity index (χ4v) is 2.74. The maximum atomic E-state index is 12.8. The van der Waals surface area contributed by atoms with Crippen molar-refractivity contribution < 1.29 is 27.6 Å². The highest BCUT2D eigenvalue weighted by Gasteiger charge is 2.35. The number of hydrogen-bond acceptors (Lipinski definition) is 3. The van der Waals surface area contributed by atoms with Gasteiger partial charge in [-0.1, -0.05) is 12.1 Å². The molecule has 0 radical (unpaired) electrons. The van der Waals surface area contributed by atoms with Crippen LogP contribution in [0.5, 0.6) is 0 Å². The maximum absolute atomic E-state index is 12.8. The smallest absolute Gasteiger partial charge is 0.355 e. The lowest BCUT2D eigenvalue weighted by Gasteiger charge is -2.17. The van der Waals surface area contributed by atoms with E-state index in [9.17, 15) is 27.6 Å². The largest absolute Gasteiger partial charge is 0.416 e. The van der Waals surface area contributed by atoms with Crippen LogP contribution in [0.3, 0.4) is 0 Å².